The van der Waals surface area contributed by atoms with Gasteiger partial charge in [-0.1, -0.05) is 59.6 Å². The zero-order chi connectivity index (χ0) is 28.5. The summed E-state index contributed by atoms with van der Waals surface area (Å²) in [5, 5.41) is 31.5. The van der Waals surface area contributed by atoms with Gasteiger partial charge >= 0.3 is 12.0 Å². The fraction of sp³-hybridized carbons (Fsp3) is 0.0714. The Bertz CT molecular complexity index is 1610. The molecule has 0 fully saturated rings. The van der Waals surface area contributed by atoms with E-state index >= 15 is 0 Å². The smallest absolute Gasteiger partial charge is 0.414 e. The zero-order valence-electron chi connectivity index (χ0n) is 21.0. The number of rotatable bonds is 7. The van der Waals surface area contributed by atoms with E-state index < -0.39 is 17.7 Å². The van der Waals surface area contributed by atoms with Gasteiger partial charge in [-0.15, -0.1) is 0 Å². The molecule has 0 radical (unpaired) electrons. The first-order chi connectivity index (χ1) is 19.3. The highest BCUT2D eigenvalue weighted by molar-refractivity contribution is 6.33. The lowest BCUT2D eigenvalue weighted by Gasteiger charge is -2.13. The summed E-state index contributed by atoms with van der Waals surface area (Å²) >= 11 is 5.95. The number of carbonyl (C=O) groups is 1. The number of aliphatic carboxylic acids is 1. The van der Waals surface area contributed by atoms with E-state index in [9.17, 15) is 14.3 Å². The van der Waals surface area contributed by atoms with Crippen LogP contribution in [0.1, 0.15) is 16.8 Å². The number of aliphatic imine (C=N–C) groups is 1. The predicted molar refractivity (Wildman–Crippen MR) is 143 cm³/mol. The highest BCUT2D eigenvalue weighted by Gasteiger charge is 2.16. The summed E-state index contributed by atoms with van der Waals surface area (Å²) in [5.41, 5.74) is 3.12. The first kappa shape index (κ1) is 27.9. The Balaban J connectivity index is 0.000000185. The van der Waals surface area contributed by atoms with E-state index in [0.29, 0.717) is 16.9 Å². The molecule has 0 spiro atoms. The molecule has 0 aliphatic carbocycles. The van der Waals surface area contributed by atoms with Gasteiger partial charge in [0.15, 0.2) is 0 Å². The maximum absolute atomic E-state index is 13.7. The number of nitrogens with one attached hydrogen (secondary N) is 1. The summed E-state index contributed by atoms with van der Waals surface area (Å²) in [6.07, 6.45) is 1.37. The normalized spacial score (nSPS) is 10.9. The van der Waals surface area contributed by atoms with Crippen LogP contribution in [-0.4, -0.2) is 32.3 Å². The Morgan fingerprint density at radius 1 is 1.10 bits per heavy atom. The van der Waals surface area contributed by atoms with E-state index in [4.69, 9.17) is 21.2 Å². The molecular weight excluding hydrogens is 539 g/mol. The average Bonchev–Trinajstić information content (AvgIpc) is 3.41. The van der Waals surface area contributed by atoms with Gasteiger partial charge in [0.05, 0.1) is 22.8 Å². The Morgan fingerprint density at radius 2 is 1.88 bits per heavy atom. The third kappa shape index (κ3) is 7.45. The van der Waals surface area contributed by atoms with Gasteiger partial charge in [-0.05, 0) is 42.8 Å². The fourth-order valence-electron chi connectivity index (χ4n) is 3.44. The van der Waals surface area contributed by atoms with Crippen molar-refractivity contribution in [2.24, 2.45) is 4.99 Å². The number of nitrogens with zero attached hydrogens (tertiary/aromatic N) is 5. The summed E-state index contributed by atoms with van der Waals surface area (Å²) in [6.45, 7) is 1.87. The molecule has 0 aliphatic heterocycles. The number of hydrogen-bond donors (Lipinski definition) is 2. The van der Waals surface area contributed by atoms with Crippen molar-refractivity contribution in [3.8, 4) is 5.69 Å². The van der Waals surface area contributed by atoms with Crippen molar-refractivity contribution in [1.29, 1.82) is 0 Å². The Labute approximate surface area is 233 Å². The highest BCUT2D eigenvalue weighted by atomic mass is 35.5. The van der Waals surface area contributed by atoms with Gasteiger partial charge in [0, 0.05) is 29.9 Å². The van der Waals surface area contributed by atoms with Crippen LogP contribution in [0.3, 0.4) is 0 Å². The number of hydrogen-bond acceptors (Lipinski definition) is 8. The number of para-hydroxylation sites is 2. The van der Waals surface area contributed by atoms with Gasteiger partial charge in [0.25, 0.3) is 5.69 Å². The van der Waals surface area contributed by atoms with Crippen molar-refractivity contribution >= 4 is 40.9 Å². The summed E-state index contributed by atoms with van der Waals surface area (Å²) < 4.78 is 18.6. The van der Waals surface area contributed by atoms with Crippen LogP contribution < -0.4 is 15.2 Å². The minimum absolute atomic E-state index is 0.121. The molecule has 40 heavy (non-hydrogen) atoms. The van der Waals surface area contributed by atoms with Crippen LogP contribution in [0, 0.1) is 12.7 Å². The van der Waals surface area contributed by atoms with E-state index in [-0.39, 0.29) is 28.8 Å². The summed E-state index contributed by atoms with van der Waals surface area (Å²) in [7, 11) is 0. The molecular formula is C28H22ClFN6O4. The number of anilines is 2. The topological polar surface area (TPSA) is 140 Å². The van der Waals surface area contributed by atoms with Gasteiger partial charge in [-0.25, -0.2) is 9.38 Å². The second-order valence-corrected chi connectivity index (χ2v) is 8.67. The summed E-state index contributed by atoms with van der Waals surface area (Å²) in [5.74, 6) is -1.97. The molecule has 0 saturated heterocycles. The first-order valence-corrected chi connectivity index (χ1v) is 12.2. The van der Waals surface area contributed by atoms with E-state index in [1.165, 1.54) is 23.1 Å². The quantitative estimate of drug-likeness (QED) is 0.170. The third-order valence-corrected chi connectivity index (χ3v) is 5.59. The zero-order valence-corrected chi connectivity index (χ0v) is 21.8. The lowest BCUT2D eigenvalue weighted by molar-refractivity contribution is -0.724. The van der Waals surface area contributed by atoms with Crippen LogP contribution in [0.25, 0.3) is 5.69 Å². The molecule has 2 aromatic heterocycles. The van der Waals surface area contributed by atoms with Crippen LogP contribution in [-0.2, 0) is 11.2 Å². The van der Waals surface area contributed by atoms with E-state index in [2.05, 4.69) is 25.7 Å². The van der Waals surface area contributed by atoms with Crippen molar-refractivity contribution in [2.75, 3.05) is 5.32 Å². The molecule has 0 unspecified atom stereocenters. The van der Waals surface area contributed by atoms with Crippen LogP contribution in [0.4, 0.5) is 21.8 Å². The lowest BCUT2D eigenvalue weighted by Crippen LogP contribution is -2.35. The van der Waals surface area contributed by atoms with Crippen molar-refractivity contribution in [3.63, 3.8) is 0 Å². The van der Waals surface area contributed by atoms with Gasteiger partial charge < -0.3 is 15.5 Å². The molecule has 0 aliphatic rings. The van der Waals surface area contributed by atoms with Crippen LogP contribution in [0.15, 0.2) is 101 Å². The predicted octanol–water partition coefficient (Wildman–Crippen LogP) is 4.34. The van der Waals surface area contributed by atoms with E-state index in [0.717, 1.165) is 5.56 Å². The van der Waals surface area contributed by atoms with Crippen molar-refractivity contribution < 1.29 is 28.7 Å². The largest absolute Gasteiger partial charge is 0.857 e. The number of benzene rings is 3. The van der Waals surface area contributed by atoms with Crippen molar-refractivity contribution in [3.05, 3.63) is 119 Å². The monoisotopic (exact) mass is 560 g/mol. The SMILES string of the molecule is Cc1ccc(Nc2c(F)cccc2Cl)c(CC(=O)O)c1.[O-]/C(=N\c1n[n+](-c2ccccc2)no1)c1ccccn1. The average molecular weight is 561 g/mol. The molecule has 0 bridgehead atoms. The third-order valence-electron chi connectivity index (χ3n) is 5.27. The minimum Gasteiger partial charge on any atom is -0.857 e. The van der Waals surface area contributed by atoms with Gasteiger partial charge in [0.2, 0.25) is 5.27 Å². The van der Waals surface area contributed by atoms with E-state index in [1.807, 2.05) is 31.2 Å². The number of aromatic nitrogens is 4. The molecule has 0 saturated carbocycles. The maximum atomic E-state index is 13.7. The number of carboxylic acids is 1. The lowest BCUT2D eigenvalue weighted by atomic mass is 10.1. The molecule has 2 N–H and O–H groups in total. The summed E-state index contributed by atoms with van der Waals surface area (Å²) in [6, 6.07) is 23.7. The second-order valence-electron chi connectivity index (χ2n) is 8.27. The van der Waals surface area contributed by atoms with Crippen molar-refractivity contribution in [1.82, 2.24) is 15.4 Å². The number of halogens is 2. The Kier molecular flexibility index (Phi) is 9.11. The molecule has 5 rings (SSSR count). The van der Waals surface area contributed by atoms with E-state index in [1.54, 1.807) is 48.5 Å². The highest BCUT2D eigenvalue weighted by Crippen LogP contribution is 2.30. The number of pyridine rings is 1. The maximum Gasteiger partial charge on any atom is 0.414 e. The molecule has 5 aromatic rings. The van der Waals surface area contributed by atoms with Crippen LogP contribution >= 0.6 is 11.6 Å². The molecule has 202 valence electrons. The minimum atomic E-state index is -0.946. The second kappa shape index (κ2) is 13.1. The number of aryl methyl sites for hydroxylation is 1. The summed E-state index contributed by atoms with van der Waals surface area (Å²) in [4.78, 5) is 19.8. The Hall–Kier alpha value is -5.16. The molecule has 3 aromatic carbocycles. The van der Waals surface area contributed by atoms with Gasteiger partial charge in [-0.3, -0.25) is 14.3 Å². The molecule has 0 atom stereocenters. The first-order valence-electron chi connectivity index (χ1n) is 11.8. The van der Waals surface area contributed by atoms with Gasteiger partial charge in [-0.2, -0.15) is 0 Å². The molecule has 2 heterocycles. The van der Waals surface area contributed by atoms with Crippen molar-refractivity contribution in [2.45, 2.75) is 13.3 Å². The Morgan fingerprint density at radius 3 is 2.58 bits per heavy atom. The van der Waals surface area contributed by atoms with Gasteiger partial charge in [0.1, 0.15) is 15.7 Å². The number of carboxylic acid groups (broad SMARTS) is 1. The standard InChI is InChI=1S/C15H13ClFNO2.C13H9N5O2/c1-9-5-6-13(10(7-9)8-14(19)20)18-15-11(16)3-2-4-12(15)17;19-12(11-8-4-5-9-14-11)15-13-16-18(17-20-13)10-6-2-1-3-7-10/h2-7,18H,8H2,1H3,(H,19,20);1-9H. The molecule has 10 nitrogen and oxygen atoms in total. The molecule has 12 heteroatoms. The molecule has 0 amide bonds. The van der Waals surface area contributed by atoms with Crippen LogP contribution in [0.2, 0.25) is 5.02 Å². The fourth-order valence-corrected chi connectivity index (χ4v) is 3.65. The van der Waals surface area contributed by atoms with Crippen LogP contribution in [0.5, 0.6) is 0 Å².